The fraction of sp³-hybridized carbons (Fsp3) is 0.133. The Morgan fingerprint density at radius 3 is 2.63 bits per heavy atom. The highest BCUT2D eigenvalue weighted by molar-refractivity contribution is 5.85. The van der Waals surface area contributed by atoms with Crippen molar-refractivity contribution in [3.05, 3.63) is 54.9 Å². The quantitative estimate of drug-likeness (QED) is 0.725. The second-order valence-electron chi connectivity index (χ2n) is 4.03. The number of hydrogen-bond donors (Lipinski definition) is 0. The number of fused-ring (bicyclic) bond motifs is 1. The highest BCUT2D eigenvalue weighted by atomic mass is 35.5. The molecule has 0 spiro atoms. The topological polar surface area (TPSA) is 27.1 Å². The minimum atomic E-state index is 0. The Balaban J connectivity index is 0.00000133. The first-order valence-electron chi connectivity index (χ1n) is 6.04. The maximum atomic E-state index is 5.48. The van der Waals surface area contributed by atoms with Gasteiger partial charge in [-0.15, -0.1) is 12.4 Å². The molecule has 3 rings (SSSR count). The third-order valence-corrected chi connectivity index (χ3v) is 2.86. The van der Waals surface area contributed by atoms with Crippen molar-refractivity contribution in [3.8, 4) is 11.4 Å². The summed E-state index contributed by atoms with van der Waals surface area (Å²) in [5.41, 5.74) is 3.15. The van der Waals surface area contributed by atoms with Gasteiger partial charge in [0, 0.05) is 11.8 Å². The van der Waals surface area contributed by atoms with Gasteiger partial charge in [0.05, 0.1) is 17.6 Å². The summed E-state index contributed by atoms with van der Waals surface area (Å²) in [4.78, 5) is 4.42. The molecule has 0 N–H and O–H groups in total. The van der Waals surface area contributed by atoms with Gasteiger partial charge in [0.25, 0.3) is 0 Å². The minimum Gasteiger partial charge on any atom is -0.494 e. The Morgan fingerprint density at radius 2 is 1.89 bits per heavy atom. The van der Waals surface area contributed by atoms with Crippen molar-refractivity contribution in [3.63, 3.8) is 0 Å². The molecule has 0 bridgehead atoms. The molecule has 0 atom stereocenters. The van der Waals surface area contributed by atoms with E-state index < -0.39 is 0 Å². The molecule has 0 amide bonds. The highest BCUT2D eigenvalue weighted by Crippen LogP contribution is 2.22. The van der Waals surface area contributed by atoms with Crippen molar-refractivity contribution < 1.29 is 4.74 Å². The summed E-state index contributed by atoms with van der Waals surface area (Å²) < 4.78 is 7.55. The van der Waals surface area contributed by atoms with Crippen molar-refractivity contribution in [1.29, 1.82) is 0 Å². The summed E-state index contributed by atoms with van der Waals surface area (Å²) in [6, 6.07) is 16.2. The van der Waals surface area contributed by atoms with Crippen LogP contribution in [0.5, 0.6) is 5.75 Å². The number of ether oxygens (including phenoxy) is 1. The van der Waals surface area contributed by atoms with E-state index in [2.05, 4.69) is 21.7 Å². The van der Waals surface area contributed by atoms with Crippen molar-refractivity contribution in [2.45, 2.75) is 6.92 Å². The number of imidazole rings is 1. The van der Waals surface area contributed by atoms with Crippen LogP contribution in [0.25, 0.3) is 16.7 Å². The molecule has 0 saturated heterocycles. The van der Waals surface area contributed by atoms with E-state index in [9.17, 15) is 0 Å². The normalized spacial score (nSPS) is 10.2. The lowest BCUT2D eigenvalue weighted by molar-refractivity contribution is 0.340. The fourth-order valence-electron chi connectivity index (χ4n) is 2.04. The number of halogens is 1. The SMILES string of the molecule is CCOc1ccc2c(c1)ncn2-c1ccccc1.Cl. The smallest absolute Gasteiger partial charge is 0.121 e. The molecule has 19 heavy (non-hydrogen) atoms. The van der Waals surface area contributed by atoms with Gasteiger partial charge in [-0.05, 0) is 31.2 Å². The van der Waals surface area contributed by atoms with Crippen LogP contribution in [-0.2, 0) is 0 Å². The van der Waals surface area contributed by atoms with Crippen molar-refractivity contribution in [2.75, 3.05) is 6.61 Å². The first-order chi connectivity index (χ1) is 8.88. The van der Waals surface area contributed by atoms with E-state index >= 15 is 0 Å². The summed E-state index contributed by atoms with van der Waals surface area (Å²) in [6.45, 7) is 2.65. The first kappa shape index (κ1) is 13.4. The molecule has 4 heteroatoms. The second-order valence-corrected chi connectivity index (χ2v) is 4.03. The number of benzene rings is 2. The van der Waals surface area contributed by atoms with E-state index in [1.165, 1.54) is 0 Å². The Labute approximate surface area is 118 Å². The van der Waals surface area contributed by atoms with Gasteiger partial charge in [0.15, 0.2) is 0 Å². The number of rotatable bonds is 3. The predicted molar refractivity (Wildman–Crippen MR) is 79.5 cm³/mol. The Bertz CT molecular complexity index is 664. The van der Waals surface area contributed by atoms with Crippen LogP contribution >= 0.6 is 12.4 Å². The number of hydrogen-bond acceptors (Lipinski definition) is 2. The molecule has 0 unspecified atom stereocenters. The van der Waals surface area contributed by atoms with Gasteiger partial charge in [0.1, 0.15) is 12.1 Å². The molecule has 3 aromatic rings. The van der Waals surface area contributed by atoms with E-state index in [1.807, 2.05) is 49.6 Å². The Hall–Kier alpha value is -2.00. The van der Waals surface area contributed by atoms with Gasteiger partial charge in [-0.3, -0.25) is 4.57 Å². The van der Waals surface area contributed by atoms with Crippen molar-refractivity contribution >= 4 is 23.4 Å². The number of aromatic nitrogens is 2. The van der Waals surface area contributed by atoms with Crippen molar-refractivity contribution in [2.24, 2.45) is 0 Å². The predicted octanol–water partition coefficient (Wildman–Crippen LogP) is 3.85. The summed E-state index contributed by atoms with van der Waals surface area (Å²) in [5, 5.41) is 0. The summed E-state index contributed by atoms with van der Waals surface area (Å²) in [6.07, 6.45) is 1.84. The lowest BCUT2D eigenvalue weighted by Crippen LogP contribution is -1.92. The third-order valence-electron chi connectivity index (χ3n) is 2.86. The maximum absolute atomic E-state index is 5.48. The zero-order valence-corrected chi connectivity index (χ0v) is 11.4. The zero-order valence-electron chi connectivity index (χ0n) is 10.6. The molecule has 0 fully saturated rings. The molecule has 2 aromatic carbocycles. The molecule has 0 aliphatic carbocycles. The molecule has 1 heterocycles. The zero-order chi connectivity index (χ0) is 12.4. The van der Waals surface area contributed by atoms with Crippen LogP contribution < -0.4 is 4.74 Å². The maximum Gasteiger partial charge on any atom is 0.121 e. The van der Waals surface area contributed by atoms with Crippen LogP contribution in [0.1, 0.15) is 6.92 Å². The van der Waals surface area contributed by atoms with Crippen LogP contribution in [0, 0.1) is 0 Å². The average molecular weight is 275 g/mol. The lowest BCUT2D eigenvalue weighted by Gasteiger charge is -2.05. The molecule has 1 aromatic heterocycles. The number of para-hydroxylation sites is 1. The Kier molecular flexibility index (Phi) is 4.07. The van der Waals surface area contributed by atoms with E-state index in [0.29, 0.717) is 6.61 Å². The standard InChI is InChI=1S/C15H14N2O.ClH/c1-2-18-13-8-9-15-14(10-13)16-11-17(15)12-6-4-3-5-7-12;/h3-11H,2H2,1H3;1H. The molecule has 98 valence electrons. The van der Waals surface area contributed by atoms with E-state index in [-0.39, 0.29) is 12.4 Å². The minimum absolute atomic E-state index is 0. The van der Waals surface area contributed by atoms with Gasteiger partial charge in [0.2, 0.25) is 0 Å². The molecular formula is C15H15ClN2O. The molecule has 0 aliphatic rings. The fourth-order valence-corrected chi connectivity index (χ4v) is 2.04. The second kappa shape index (κ2) is 5.76. The van der Waals surface area contributed by atoms with E-state index in [0.717, 1.165) is 22.5 Å². The highest BCUT2D eigenvalue weighted by Gasteiger charge is 2.05. The number of nitrogens with zero attached hydrogens (tertiary/aromatic N) is 2. The van der Waals surface area contributed by atoms with Gasteiger partial charge in [-0.2, -0.15) is 0 Å². The lowest BCUT2D eigenvalue weighted by atomic mass is 10.2. The monoisotopic (exact) mass is 274 g/mol. The molecule has 0 radical (unpaired) electrons. The van der Waals surface area contributed by atoms with E-state index in [4.69, 9.17) is 4.74 Å². The van der Waals surface area contributed by atoms with Gasteiger partial charge >= 0.3 is 0 Å². The molecular weight excluding hydrogens is 260 g/mol. The van der Waals surface area contributed by atoms with Crippen LogP contribution in [0.4, 0.5) is 0 Å². The van der Waals surface area contributed by atoms with Crippen LogP contribution in [0.3, 0.4) is 0 Å². The van der Waals surface area contributed by atoms with Gasteiger partial charge in [-0.1, -0.05) is 18.2 Å². The largest absolute Gasteiger partial charge is 0.494 e. The average Bonchev–Trinajstić information content (AvgIpc) is 2.83. The van der Waals surface area contributed by atoms with Crippen LogP contribution in [0.15, 0.2) is 54.9 Å². The third kappa shape index (κ3) is 2.56. The Morgan fingerprint density at radius 1 is 1.11 bits per heavy atom. The molecule has 3 nitrogen and oxygen atoms in total. The molecule has 0 aliphatic heterocycles. The van der Waals surface area contributed by atoms with Crippen LogP contribution in [0.2, 0.25) is 0 Å². The summed E-state index contributed by atoms with van der Waals surface area (Å²) >= 11 is 0. The first-order valence-corrected chi connectivity index (χ1v) is 6.04. The van der Waals surface area contributed by atoms with Gasteiger partial charge < -0.3 is 4.74 Å². The molecule has 0 saturated carbocycles. The van der Waals surface area contributed by atoms with Gasteiger partial charge in [-0.25, -0.2) is 4.98 Å². The van der Waals surface area contributed by atoms with E-state index in [1.54, 1.807) is 0 Å². The van der Waals surface area contributed by atoms with Crippen LogP contribution in [-0.4, -0.2) is 16.2 Å². The summed E-state index contributed by atoms with van der Waals surface area (Å²) in [5.74, 6) is 0.864. The van der Waals surface area contributed by atoms with Crippen molar-refractivity contribution in [1.82, 2.24) is 9.55 Å². The summed E-state index contributed by atoms with van der Waals surface area (Å²) in [7, 11) is 0.